The molecule has 0 aromatic heterocycles. The van der Waals surface area contributed by atoms with Gasteiger partial charge in [0.1, 0.15) is 0 Å². The van der Waals surface area contributed by atoms with Crippen molar-refractivity contribution in [3.8, 4) is 0 Å². The number of nitrogens with two attached hydrogens (primary N) is 1. The van der Waals surface area contributed by atoms with Gasteiger partial charge in [0.05, 0.1) is 6.04 Å². The lowest BCUT2D eigenvalue weighted by Crippen LogP contribution is -2.50. The molecule has 2 N–H and O–H groups in total. The van der Waals surface area contributed by atoms with E-state index in [0.29, 0.717) is 6.04 Å². The monoisotopic (exact) mass is 317 g/mol. The van der Waals surface area contributed by atoms with Crippen molar-refractivity contribution in [3.63, 3.8) is 0 Å². The molecule has 1 amide bonds. The molecule has 4 nitrogen and oxygen atoms in total. The van der Waals surface area contributed by atoms with Crippen LogP contribution in [0.15, 0.2) is 30.3 Å². The maximum absolute atomic E-state index is 12.6. The Labute approximate surface area is 140 Å². The van der Waals surface area contributed by atoms with Gasteiger partial charge in [0.2, 0.25) is 5.91 Å². The third kappa shape index (κ3) is 4.79. The van der Waals surface area contributed by atoms with Crippen LogP contribution in [-0.4, -0.2) is 47.4 Å². The van der Waals surface area contributed by atoms with Crippen molar-refractivity contribution in [2.24, 2.45) is 11.7 Å². The van der Waals surface area contributed by atoms with Crippen LogP contribution in [-0.2, 0) is 11.3 Å². The van der Waals surface area contributed by atoms with Crippen LogP contribution in [0, 0.1) is 5.92 Å². The second-order valence-electron chi connectivity index (χ2n) is 6.90. The number of likely N-dealkylation sites (tertiary alicyclic amines) is 1. The number of rotatable bonds is 7. The summed E-state index contributed by atoms with van der Waals surface area (Å²) in [6.07, 6.45) is 2.37. The molecule has 1 saturated heterocycles. The largest absolute Gasteiger partial charge is 0.340 e. The molecule has 2 atom stereocenters. The molecule has 0 saturated carbocycles. The molecule has 1 aromatic carbocycles. The maximum atomic E-state index is 12.6. The first-order valence-corrected chi connectivity index (χ1v) is 8.85. The fraction of sp³-hybridized carbons (Fsp3) is 0.632. The van der Waals surface area contributed by atoms with Crippen molar-refractivity contribution < 1.29 is 4.79 Å². The van der Waals surface area contributed by atoms with Crippen LogP contribution in [0.1, 0.15) is 39.2 Å². The fourth-order valence-corrected chi connectivity index (χ4v) is 3.25. The Morgan fingerprint density at radius 3 is 2.65 bits per heavy atom. The molecule has 0 radical (unpaired) electrons. The normalized spacial score (nSPS) is 20.0. The highest BCUT2D eigenvalue weighted by molar-refractivity contribution is 5.81. The van der Waals surface area contributed by atoms with Crippen molar-refractivity contribution in [3.05, 3.63) is 35.9 Å². The Morgan fingerprint density at radius 1 is 1.35 bits per heavy atom. The van der Waals surface area contributed by atoms with Crippen molar-refractivity contribution in [2.75, 3.05) is 19.6 Å². The number of benzene rings is 1. The molecule has 2 rings (SSSR count). The number of amides is 1. The lowest BCUT2D eigenvalue weighted by Gasteiger charge is -2.32. The molecule has 1 aliphatic heterocycles. The van der Waals surface area contributed by atoms with E-state index >= 15 is 0 Å². The zero-order chi connectivity index (χ0) is 16.8. The molecule has 1 aliphatic rings. The average molecular weight is 317 g/mol. The van der Waals surface area contributed by atoms with Crippen LogP contribution in [0.3, 0.4) is 0 Å². The molecule has 128 valence electrons. The highest BCUT2D eigenvalue weighted by atomic mass is 16.2. The summed E-state index contributed by atoms with van der Waals surface area (Å²) in [6, 6.07) is 10.6. The number of hydrogen-bond acceptors (Lipinski definition) is 3. The van der Waals surface area contributed by atoms with E-state index in [9.17, 15) is 4.79 Å². The van der Waals surface area contributed by atoms with E-state index in [2.05, 4.69) is 35.2 Å². The number of nitrogens with zero attached hydrogens (tertiary/aromatic N) is 2. The third-order valence-corrected chi connectivity index (χ3v) is 4.86. The van der Waals surface area contributed by atoms with Crippen molar-refractivity contribution in [1.29, 1.82) is 0 Å². The summed E-state index contributed by atoms with van der Waals surface area (Å²) in [7, 11) is 0. The van der Waals surface area contributed by atoms with Crippen LogP contribution in [0.25, 0.3) is 0 Å². The summed E-state index contributed by atoms with van der Waals surface area (Å²) in [5, 5.41) is 0. The van der Waals surface area contributed by atoms with Gasteiger partial charge in [0.25, 0.3) is 0 Å². The Kier molecular flexibility index (Phi) is 6.60. The summed E-state index contributed by atoms with van der Waals surface area (Å²) < 4.78 is 0. The second kappa shape index (κ2) is 8.46. The maximum Gasteiger partial charge on any atom is 0.239 e. The summed E-state index contributed by atoms with van der Waals surface area (Å²) in [4.78, 5) is 17.0. The molecule has 23 heavy (non-hydrogen) atoms. The number of carbonyl (C=O) groups excluding carboxylic acids is 1. The summed E-state index contributed by atoms with van der Waals surface area (Å²) in [5.41, 5.74) is 7.40. The lowest BCUT2D eigenvalue weighted by atomic mass is 10.0. The van der Waals surface area contributed by atoms with Crippen LogP contribution >= 0.6 is 0 Å². The lowest BCUT2D eigenvalue weighted by molar-refractivity contribution is -0.134. The van der Waals surface area contributed by atoms with Crippen molar-refractivity contribution in [2.45, 2.75) is 52.2 Å². The molecule has 0 bridgehead atoms. The van der Waals surface area contributed by atoms with Gasteiger partial charge in [-0.2, -0.15) is 0 Å². The highest BCUT2D eigenvalue weighted by Gasteiger charge is 2.30. The molecular weight excluding hydrogens is 286 g/mol. The molecule has 2 unspecified atom stereocenters. The smallest absolute Gasteiger partial charge is 0.239 e. The third-order valence-electron chi connectivity index (χ3n) is 4.86. The van der Waals surface area contributed by atoms with Crippen LogP contribution in [0.2, 0.25) is 0 Å². The van der Waals surface area contributed by atoms with Gasteiger partial charge < -0.3 is 10.6 Å². The summed E-state index contributed by atoms with van der Waals surface area (Å²) in [5.74, 6) is 0.273. The van der Waals surface area contributed by atoms with Crippen LogP contribution < -0.4 is 5.73 Å². The highest BCUT2D eigenvalue weighted by Crippen LogP contribution is 2.21. The van der Waals surface area contributed by atoms with Crippen LogP contribution in [0.5, 0.6) is 0 Å². The van der Waals surface area contributed by atoms with Gasteiger partial charge in [-0.25, -0.2) is 0 Å². The molecule has 0 spiro atoms. The first-order valence-electron chi connectivity index (χ1n) is 8.85. The predicted molar refractivity (Wildman–Crippen MR) is 94.9 cm³/mol. The number of likely N-dealkylation sites (N-methyl/N-ethyl adjacent to an activating group) is 1. The van der Waals surface area contributed by atoms with Gasteiger partial charge in [-0.05, 0) is 37.8 Å². The van der Waals surface area contributed by atoms with Crippen molar-refractivity contribution in [1.82, 2.24) is 9.80 Å². The molecular formula is C19H31N3O. The van der Waals surface area contributed by atoms with Gasteiger partial charge in [0, 0.05) is 25.7 Å². The van der Waals surface area contributed by atoms with Crippen molar-refractivity contribution >= 4 is 5.91 Å². The first-order chi connectivity index (χ1) is 11.0. The predicted octanol–water partition coefficient (Wildman–Crippen LogP) is 2.48. The number of hydrogen-bond donors (Lipinski definition) is 1. The zero-order valence-electron chi connectivity index (χ0n) is 14.7. The molecule has 4 heteroatoms. The Balaban J connectivity index is 1.97. The minimum atomic E-state index is -0.390. The van der Waals surface area contributed by atoms with E-state index in [4.69, 9.17) is 5.73 Å². The Morgan fingerprint density at radius 2 is 2.04 bits per heavy atom. The zero-order valence-corrected chi connectivity index (χ0v) is 14.7. The van der Waals surface area contributed by atoms with E-state index in [-0.39, 0.29) is 17.9 Å². The van der Waals surface area contributed by atoms with Gasteiger partial charge in [-0.3, -0.25) is 9.69 Å². The Hall–Kier alpha value is -1.39. The fourth-order valence-electron chi connectivity index (χ4n) is 3.25. The van der Waals surface area contributed by atoms with E-state index in [1.807, 2.05) is 25.7 Å². The van der Waals surface area contributed by atoms with E-state index in [1.54, 1.807) is 0 Å². The molecule has 1 fully saturated rings. The van der Waals surface area contributed by atoms with E-state index in [1.165, 1.54) is 12.0 Å². The first kappa shape index (κ1) is 18.0. The standard InChI is InChI=1S/C19H31N3O/c1-4-21(19(23)18(20)15(2)3)14-17-11-8-12-22(17)13-16-9-6-5-7-10-16/h5-7,9-10,15,17-18H,4,8,11-14,20H2,1-3H3. The SMILES string of the molecule is CCN(CC1CCCN1Cc1ccccc1)C(=O)C(N)C(C)C. The van der Waals surface area contributed by atoms with Gasteiger partial charge in [0.15, 0.2) is 0 Å². The molecule has 0 aliphatic carbocycles. The van der Waals surface area contributed by atoms with Gasteiger partial charge in [-0.15, -0.1) is 0 Å². The second-order valence-corrected chi connectivity index (χ2v) is 6.90. The topological polar surface area (TPSA) is 49.6 Å². The van der Waals surface area contributed by atoms with Gasteiger partial charge >= 0.3 is 0 Å². The minimum Gasteiger partial charge on any atom is -0.340 e. The summed E-state index contributed by atoms with van der Waals surface area (Å²) in [6.45, 7) is 9.66. The molecule has 1 aromatic rings. The average Bonchev–Trinajstić information content (AvgIpc) is 2.99. The summed E-state index contributed by atoms with van der Waals surface area (Å²) >= 11 is 0. The minimum absolute atomic E-state index is 0.0917. The Bertz CT molecular complexity index is 489. The molecule has 1 heterocycles. The van der Waals surface area contributed by atoms with E-state index in [0.717, 1.165) is 32.6 Å². The van der Waals surface area contributed by atoms with Gasteiger partial charge in [-0.1, -0.05) is 44.2 Å². The van der Waals surface area contributed by atoms with E-state index < -0.39 is 0 Å². The quantitative estimate of drug-likeness (QED) is 0.840. The number of carbonyl (C=O) groups is 1. The van der Waals surface area contributed by atoms with Crippen LogP contribution in [0.4, 0.5) is 0 Å².